The Kier molecular flexibility index (Phi) is 6.69. The molecule has 0 spiro atoms. The average Bonchev–Trinajstić information content (AvgIpc) is 2.50. The van der Waals surface area contributed by atoms with Crippen molar-refractivity contribution in [1.82, 2.24) is 4.90 Å². The maximum atomic E-state index is 12.4. The third-order valence-electron chi connectivity index (χ3n) is 4.06. The van der Waals surface area contributed by atoms with E-state index in [1.54, 1.807) is 0 Å². The lowest BCUT2D eigenvalue weighted by Crippen LogP contribution is -2.46. The normalized spacial score (nSPS) is 13.6. The van der Waals surface area contributed by atoms with Crippen molar-refractivity contribution in [3.63, 3.8) is 0 Å². The first-order valence-electron chi connectivity index (χ1n) is 7.71. The van der Waals surface area contributed by atoms with Crippen LogP contribution in [0.25, 0.3) is 0 Å². The molecule has 2 N–H and O–H groups in total. The number of amides is 1. The zero-order valence-electron chi connectivity index (χ0n) is 14.0. The average molecular weight is 291 g/mol. The Balaban J connectivity index is 2.75. The molecule has 0 aliphatic heterocycles. The summed E-state index contributed by atoms with van der Waals surface area (Å²) in [6.45, 7) is 7.39. The number of carbonyl (C=O) groups excluding carboxylic acids is 1. The van der Waals surface area contributed by atoms with Crippen LogP contribution in [0.15, 0.2) is 24.3 Å². The number of nitrogens with two attached hydrogens (primary N) is 1. The zero-order chi connectivity index (χ0) is 16.0. The second kappa shape index (κ2) is 8.03. The summed E-state index contributed by atoms with van der Waals surface area (Å²) in [6, 6.07) is 7.88. The Morgan fingerprint density at radius 3 is 2.19 bits per heavy atom. The smallest absolute Gasteiger partial charge is 0.240 e. The number of hydrogen-bond acceptors (Lipinski definition) is 3. The molecule has 4 nitrogen and oxygen atoms in total. The Bertz CT molecular complexity index is 442. The highest BCUT2D eigenvalue weighted by atomic mass is 16.2. The van der Waals surface area contributed by atoms with E-state index in [2.05, 4.69) is 36.1 Å². The Morgan fingerprint density at radius 2 is 1.76 bits per heavy atom. The van der Waals surface area contributed by atoms with E-state index in [1.807, 2.05) is 32.8 Å². The summed E-state index contributed by atoms with van der Waals surface area (Å²) in [7, 11) is 4.03. The number of hydrogen-bond donors (Lipinski definition) is 1. The Hall–Kier alpha value is -1.55. The molecule has 0 fully saturated rings. The molecular weight excluding hydrogens is 262 g/mol. The second-order valence-corrected chi connectivity index (χ2v) is 5.82. The minimum absolute atomic E-state index is 0.0449. The van der Waals surface area contributed by atoms with E-state index in [1.165, 1.54) is 0 Å². The minimum atomic E-state index is -0.406. The first-order chi connectivity index (χ1) is 9.90. The van der Waals surface area contributed by atoms with Crippen LogP contribution in [0.2, 0.25) is 0 Å². The summed E-state index contributed by atoms with van der Waals surface area (Å²) in [5.74, 6) is 0.256. The fourth-order valence-electron chi connectivity index (χ4n) is 2.17. The van der Waals surface area contributed by atoms with E-state index in [4.69, 9.17) is 5.73 Å². The lowest BCUT2D eigenvalue weighted by molar-refractivity contribution is -0.134. The summed E-state index contributed by atoms with van der Waals surface area (Å²) in [5, 5.41) is 0. The summed E-state index contributed by atoms with van der Waals surface area (Å²) in [5.41, 5.74) is 8.36. The topological polar surface area (TPSA) is 49.6 Å². The third kappa shape index (κ3) is 4.74. The van der Waals surface area contributed by atoms with Crippen LogP contribution in [0, 0.1) is 5.92 Å². The van der Waals surface area contributed by atoms with Crippen molar-refractivity contribution >= 4 is 11.6 Å². The Morgan fingerprint density at radius 1 is 1.19 bits per heavy atom. The molecule has 0 aliphatic rings. The summed E-state index contributed by atoms with van der Waals surface area (Å²) in [6.07, 6.45) is 0.919. The lowest BCUT2D eigenvalue weighted by Gasteiger charge is -2.27. The van der Waals surface area contributed by atoms with E-state index in [-0.39, 0.29) is 11.8 Å². The molecule has 0 bridgehead atoms. The number of likely N-dealkylation sites (N-methyl/N-ethyl adjacent to an activating group) is 1. The van der Waals surface area contributed by atoms with Crippen LogP contribution in [0.3, 0.4) is 0 Å². The number of nitrogens with zero attached hydrogens (tertiary/aromatic N) is 2. The van der Waals surface area contributed by atoms with Crippen LogP contribution >= 0.6 is 0 Å². The van der Waals surface area contributed by atoms with E-state index < -0.39 is 6.04 Å². The molecule has 0 radical (unpaired) electrons. The van der Waals surface area contributed by atoms with Gasteiger partial charge >= 0.3 is 0 Å². The summed E-state index contributed by atoms with van der Waals surface area (Å²) >= 11 is 0. The number of carbonyl (C=O) groups is 1. The maximum absolute atomic E-state index is 12.4. The van der Waals surface area contributed by atoms with Gasteiger partial charge in [0.05, 0.1) is 6.04 Å². The standard InChI is InChI=1S/C17H29N3O/c1-6-13(3)16(18)17(21)20(7-2)12-14-8-10-15(11-9-14)19(4)5/h8-11,13,16H,6-7,12,18H2,1-5H3/t13?,16-/m0/s1. The third-order valence-corrected chi connectivity index (χ3v) is 4.06. The molecule has 1 aromatic carbocycles. The fourth-order valence-corrected chi connectivity index (χ4v) is 2.17. The monoisotopic (exact) mass is 291 g/mol. The van der Waals surface area contributed by atoms with E-state index in [9.17, 15) is 4.79 Å². The highest BCUT2D eigenvalue weighted by molar-refractivity contribution is 5.81. The Labute approximate surface area is 128 Å². The lowest BCUT2D eigenvalue weighted by atomic mass is 9.98. The van der Waals surface area contributed by atoms with Gasteiger partial charge in [0.25, 0.3) is 0 Å². The molecule has 0 saturated carbocycles. The minimum Gasteiger partial charge on any atom is -0.378 e. The van der Waals surface area contributed by atoms with Crippen LogP contribution in [0.1, 0.15) is 32.8 Å². The van der Waals surface area contributed by atoms with Gasteiger partial charge in [0.15, 0.2) is 0 Å². The summed E-state index contributed by atoms with van der Waals surface area (Å²) in [4.78, 5) is 16.3. The molecule has 0 saturated heterocycles. The molecule has 0 aromatic heterocycles. The van der Waals surface area contributed by atoms with Crippen molar-refractivity contribution in [2.45, 2.75) is 39.8 Å². The van der Waals surface area contributed by atoms with Crippen molar-refractivity contribution < 1.29 is 4.79 Å². The van der Waals surface area contributed by atoms with Crippen LogP contribution in [0.4, 0.5) is 5.69 Å². The number of rotatable bonds is 7. The van der Waals surface area contributed by atoms with Crippen molar-refractivity contribution in [1.29, 1.82) is 0 Å². The molecular formula is C17H29N3O. The SMILES string of the molecule is CCC(C)[C@H](N)C(=O)N(CC)Cc1ccc(N(C)C)cc1. The first kappa shape index (κ1) is 17.5. The van der Waals surface area contributed by atoms with Gasteiger partial charge in [-0.3, -0.25) is 4.79 Å². The van der Waals surface area contributed by atoms with Crippen molar-refractivity contribution in [2.75, 3.05) is 25.5 Å². The van der Waals surface area contributed by atoms with E-state index in [0.29, 0.717) is 13.1 Å². The van der Waals surface area contributed by atoms with Gasteiger partial charge in [-0.1, -0.05) is 32.4 Å². The first-order valence-corrected chi connectivity index (χ1v) is 7.71. The molecule has 1 aromatic rings. The molecule has 4 heteroatoms. The molecule has 118 valence electrons. The largest absolute Gasteiger partial charge is 0.378 e. The fraction of sp³-hybridized carbons (Fsp3) is 0.588. The number of benzene rings is 1. The predicted molar refractivity (Wildman–Crippen MR) is 89.3 cm³/mol. The highest BCUT2D eigenvalue weighted by Crippen LogP contribution is 2.15. The van der Waals surface area contributed by atoms with Crippen LogP contribution in [-0.2, 0) is 11.3 Å². The summed E-state index contributed by atoms with van der Waals surface area (Å²) < 4.78 is 0. The van der Waals surface area contributed by atoms with Gasteiger partial charge in [-0.2, -0.15) is 0 Å². The van der Waals surface area contributed by atoms with Gasteiger partial charge < -0.3 is 15.5 Å². The second-order valence-electron chi connectivity index (χ2n) is 5.82. The van der Waals surface area contributed by atoms with Gasteiger partial charge in [0.1, 0.15) is 0 Å². The van der Waals surface area contributed by atoms with Gasteiger partial charge in [-0.05, 0) is 30.5 Å². The molecule has 0 heterocycles. The van der Waals surface area contributed by atoms with Gasteiger partial charge in [0.2, 0.25) is 5.91 Å². The molecule has 2 atom stereocenters. The van der Waals surface area contributed by atoms with Gasteiger partial charge in [0, 0.05) is 32.9 Å². The van der Waals surface area contributed by atoms with Crippen molar-refractivity contribution in [3.8, 4) is 0 Å². The maximum Gasteiger partial charge on any atom is 0.240 e. The van der Waals surface area contributed by atoms with E-state index in [0.717, 1.165) is 17.7 Å². The quantitative estimate of drug-likeness (QED) is 0.839. The van der Waals surface area contributed by atoms with E-state index >= 15 is 0 Å². The molecule has 1 amide bonds. The molecule has 1 rings (SSSR count). The van der Waals surface area contributed by atoms with Crippen LogP contribution in [0.5, 0.6) is 0 Å². The van der Waals surface area contributed by atoms with Crippen LogP contribution < -0.4 is 10.6 Å². The van der Waals surface area contributed by atoms with Crippen LogP contribution in [-0.4, -0.2) is 37.5 Å². The van der Waals surface area contributed by atoms with Gasteiger partial charge in [-0.15, -0.1) is 0 Å². The van der Waals surface area contributed by atoms with Crippen molar-refractivity contribution in [2.24, 2.45) is 11.7 Å². The van der Waals surface area contributed by atoms with Crippen molar-refractivity contribution in [3.05, 3.63) is 29.8 Å². The molecule has 1 unspecified atom stereocenters. The molecule has 0 aliphatic carbocycles. The highest BCUT2D eigenvalue weighted by Gasteiger charge is 2.24. The zero-order valence-corrected chi connectivity index (χ0v) is 14.0. The van der Waals surface area contributed by atoms with Gasteiger partial charge in [-0.25, -0.2) is 0 Å². The predicted octanol–water partition coefficient (Wildman–Crippen LogP) is 2.47. The number of anilines is 1. The molecule has 21 heavy (non-hydrogen) atoms.